The van der Waals surface area contributed by atoms with Gasteiger partial charge in [-0.2, -0.15) is 0 Å². The molecular weight excluding hydrogens is 128 g/mol. The van der Waals surface area contributed by atoms with Gasteiger partial charge in [0.1, 0.15) is 0 Å². The van der Waals surface area contributed by atoms with Crippen LogP contribution in [0.5, 0.6) is 0 Å². The average molecular weight is 136 g/mol. The summed E-state index contributed by atoms with van der Waals surface area (Å²) in [5, 5.41) is 17.6. The minimum Gasteiger partial charge on any atom is -0.364 e. The summed E-state index contributed by atoms with van der Waals surface area (Å²) in [7, 11) is 0. The molecule has 0 unspecified atom stereocenters. The fourth-order valence-corrected chi connectivity index (χ4v) is 1.26. The minimum atomic E-state index is -1.30. The van der Waals surface area contributed by atoms with Gasteiger partial charge in [-0.1, -0.05) is 18.2 Å². The summed E-state index contributed by atoms with van der Waals surface area (Å²) in [6.45, 7) is 0. The highest BCUT2D eigenvalue weighted by atomic mass is 16.5. The molecule has 10 heavy (non-hydrogen) atoms. The van der Waals surface area contributed by atoms with Crippen molar-refractivity contribution in [3.63, 3.8) is 0 Å². The maximum atomic E-state index is 8.79. The third kappa shape index (κ3) is 0.664. The highest BCUT2D eigenvalue weighted by Gasteiger charge is 2.16. The van der Waals surface area contributed by atoms with Gasteiger partial charge in [-0.05, 0) is 17.5 Å². The maximum absolute atomic E-state index is 8.79. The largest absolute Gasteiger partial charge is 0.364 e. The zero-order chi connectivity index (χ0) is 7.14. The number of hydrogen-bond acceptors (Lipinski definition) is 2. The SMILES string of the molecule is OC(O)c1ccc2cc1C2. The Kier molecular flexibility index (Phi) is 1.07. The Labute approximate surface area is 58.7 Å². The first-order chi connectivity index (χ1) is 4.77. The van der Waals surface area contributed by atoms with Gasteiger partial charge in [0.25, 0.3) is 0 Å². The molecule has 1 aromatic rings. The van der Waals surface area contributed by atoms with Gasteiger partial charge in [0.15, 0.2) is 6.29 Å². The second kappa shape index (κ2) is 1.81. The summed E-state index contributed by atoms with van der Waals surface area (Å²) in [6.07, 6.45) is -0.395. The van der Waals surface area contributed by atoms with Gasteiger partial charge < -0.3 is 10.2 Å². The first-order valence-electron chi connectivity index (χ1n) is 3.25. The van der Waals surface area contributed by atoms with Crippen LogP contribution < -0.4 is 0 Å². The molecule has 0 aromatic heterocycles. The number of benzene rings is 1. The summed E-state index contributed by atoms with van der Waals surface area (Å²) >= 11 is 0. The van der Waals surface area contributed by atoms with Crippen molar-refractivity contribution in [3.8, 4) is 0 Å². The van der Waals surface area contributed by atoms with Gasteiger partial charge in [0, 0.05) is 5.56 Å². The second-order valence-electron chi connectivity index (χ2n) is 2.58. The van der Waals surface area contributed by atoms with Gasteiger partial charge in [0.05, 0.1) is 0 Å². The lowest BCUT2D eigenvalue weighted by Gasteiger charge is -2.19. The molecule has 0 radical (unpaired) electrons. The Morgan fingerprint density at radius 3 is 2.30 bits per heavy atom. The van der Waals surface area contributed by atoms with Crippen molar-refractivity contribution in [1.29, 1.82) is 0 Å². The molecule has 2 aliphatic rings. The average Bonchev–Trinajstić information content (AvgIpc) is 1.86. The standard InChI is InChI=1S/C8H8O2/c9-8(10)7-2-1-5-3-6(7)4-5/h1-3,8-10H,4H2. The highest BCUT2D eigenvalue weighted by molar-refractivity contribution is 5.44. The fraction of sp³-hybridized carbons (Fsp3) is 0.250. The molecule has 0 aliphatic heterocycles. The van der Waals surface area contributed by atoms with Crippen molar-refractivity contribution >= 4 is 0 Å². The zero-order valence-corrected chi connectivity index (χ0v) is 5.41. The third-order valence-corrected chi connectivity index (χ3v) is 1.88. The summed E-state index contributed by atoms with van der Waals surface area (Å²) in [4.78, 5) is 0. The van der Waals surface area contributed by atoms with Crippen LogP contribution in [0.2, 0.25) is 0 Å². The van der Waals surface area contributed by atoms with Crippen molar-refractivity contribution in [3.05, 3.63) is 34.9 Å². The normalized spacial score (nSPS) is 13.5. The van der Waals surface area contributed by atoms with Crippen LogP contribution in [0.3, 0.4) is 0 Å². The van der Waals surface area contributed by atoms with E-state index in [-0.39, 0.29) is 0 Å². The van der Waals surface area contributed by atoms with Gasteiger partial charge in [-0.25, -0.2) is 0 Å². The van der Waals surface area contributed by atoms with Crippen LogP contribution in [0.15, 0.2) is 18.2 Å². The predicted molar refractivity (Wildman–Crippen MR) is 36.4 cm³/mol. The number of aliphatic hydroxyl groups excluding tert-OH is 1. The predicted octanol–water partition coefficient (Wildman–Crippen LogP) is 0.574. The lowest BCUT2D eigenvalue weighted by molar-refractivity contribution is -0.0432. The van der Waals surface area contributed by atoms with Gasteiger partial charge in [-0.15, -0.1) is 0 Å². The monoisotopic (exact) mass is 136 g/mol. The third-order valence-electron chi connectivity index (χ3n) is 1.88. The van der Waals surface area contributed by atoms with E-state index in [2.05, 4.69) is 0 Å². The van der Waals surface area contributed by atoms with Crippen molar-refractivity contribution in [2.75, 3.05) is 0 Å². The molecule has 2 N–H and O–H groups in total. The van der Waals surface area contributed by atoms with E-state index in [1.165, 1.54) is 5.56 Å². The van der Waals surface area contributed by atoms with Crippen LogP contribution in [0.1, 0.15) is 23.0 Å². The molecule has 2 heteroatoms. The van der Waals surface area contributed by atoms with E-state index in [0.29, 0.717) is 5.56 Å². The molecule has 52 valence electrons. The van der Waals surface area contributed by atoms with Crippen LogP contribution in [0.4, 0.5) is 0 Å². The molecule has 2 nitrogen and oxygen atoms in total. The molecule has 0 heterocycles. The molecular formula is C8H8O2. The van der Waals surface area contributed by atoms with Crippen molar-refractivity contribution < 1.29 is 10.2 Å². The lowest BCUT2D eigenvalue weighted by Crippen LogP contribution is -2.08. The van der Waals surface area contributed by atoms with Crippen LogP contribution >= 0.6 is 0 Å². The lowest BCUT2D eigenvalue weighted by atomic mass is 9.88. The van der Waals surface area contributed by atoms with Crippen LogP contribution in [0.25, 0.3) is 0 Å². The van der Waals surface area contributed by atoms with E-state index >= 15 is 0 Å². The van der Waals surface area contributed by atoms with Crippen molar-refractivity contribution in [2.24, 2.45) is 0 Å². The molecule has 0 atom stereocenters. The maximum Gasteiger partial charge on any atom is 0.178 e. The molecule has 0 spiro atoms. The topological polar surface area (TPSA) is 40.5 Å². The van der Waals surface area contributed by atoms with E-state index in [0.717, 1.165) is 12.0 Å². The summed E-state index contributed by atoms with van der Waals surface area (Å²) in [6, 6.07) is 5.66. The van der Waals surface area contributed by atoms with Crippen LogP contribution in [0, 0.1) is 0 Å². The Bertz CT molecular complexity index is 262. The molecule has 0 saturated heterocycles. The van der Waals surface area contributed by atoms with E-state index < -0.39 is 6.29 Å². The molecule has 0 fully saturated rings. The smallest absolute Gasteiger partial charge is 0.178 e. The Morgan fingerprint density at radius 1 is 1.30 bits per heavy atom. The zero-order valence-electron chi connectivity index (χ0n) is 5.41. The fourth-order valence-electron chi connectivity index (χ4n) is 1.26. The summed E-state index contributed by atoms with van der Waals surface area (Å²) in [5.74, 6) is 0. The van der Waals surface area contributed by atoms with Crippen LogP contribution in [-0.2, 0) is 6.42 Å². The molecule has 1 aromatic carbocycles. The van der Waals surface area contributed by atoms with Gasteiger partial charge in [0.2, 0.25) is 0 Å². The first kappa shape index (κ1) is 5.89. The summed E-state index contributed by atoms with van der Waals surface area (Å²) in [5.41, 5.74) is 2.99. The Balaban J connectivity index is 2.46. The van der Waals surface area contributed by atoms with E-state index in [9.17, 15) is 0 Å². The van der Waals surface area contributed by atoms with E-state index in [4.69, 9.17) is 10.2 Å². The molecule has 0 saturated carbocycles. The number of fused-ring (bicyclic) bond motifs is 2. The molecule has 2 bridgehead atoms. The second-order valence-corrected chi connectivity index (χ2v) is 2.58. The highest BCUT2D eigenvalue weighted by Crippen LogP contribution is 2.28. The first-order valence-corrected chi connectivity index (χ1v) is 3.25. The minimum absolute atomic E-state index is 0.648. The summed E-state index contributed by atoms with van der Waals surface area (Å²) < 4.78 is 0. The van der Waals surface area contributed by atoms with Gasteiger partial charge >= 0.3 is 0 Å². The number of hydrogen-bond donors (Lipinski definition) is 2. The Morgan fingerprint density at radius 2 is 2.00 bits per heavy atom. The van der Waals surface area contributed by atoms with Crippen molar-refractivity contribution in [1.82, 2.24) is 0 Å². The number of aliphatic hydroxyl groups is 2. The van der Waals surface area contributed by atoms with E-state index in [1.807, 2.05) is 12.1 Å². The van der Waals surface area contributed by atoms with Crippen LogP contribution in [-0.4, -0.2) is 10.2 Å². The Hall–Kier alpha value is -0.860. The quantitative estimate of drug-likeness (QED) is 0.563. The molecule has 0 amide bonds. The number of rotatable bonds is 1. The van der Waals surface area contributed by atoms with Crippen molar-refractivity contribution in [2.45, 2.75) is 12.7 Å². The van der Waals surface area contributed by atoms with E-state index in [1.54, 1.807) is 6.07 Å². The molecule has 2 aliphatic carbocycles. The van der Waals surface area contributed by atoms with Gasteiger partial charge in [-0.3, -0.25) is 0 Å². The molecule has 3 rings (SSSR count).